The molecule has 0 bridgehead atoms. The molecule has 0 saturated heterocycles. The van der Waals surface area contributed by atoms with Gasteiger partial charge in [0.25, 0.3) is 0 Å². The Kier molecular flexibility index (Phi) is 3.74. The van der Waals surface area contributed by atoms with Gasteiger partial charge in [0.1, 0.15) is 6.42 Å². The number of likely N-dealkylation sites (N-methyl/N-ethyl adjacent to an activating group) is 2. The van der Waals surface area contributed by atoms with E-state index >= 15 is 0 Å². The van der Waals surface area contributed by atoms with Gasteiger partial charge in [0.15, 0.2) is 5.78 Å². The van der Waals surface area contributed by atoms with Crippen molar-refractivity contribution in [3.8, 4) is 0 Å². The average Bonchev–Trinajstić information content (AvgIpc) is 2.42. The fourth-order valence-electron chi connectivity index (χ4n) is 2.30. The number of Topliss-reactive ketones (excluding diaryl/α,β-unsaturated/α-hetero) is 1. The molecule has 0 aliphatic carbocycles. The van der Waals surface area contributed by atoms with E-state index in [2.05, 4.69) is 14.5 Å². The molecule has 0 saturated carbocycles. The Morgan fingerprint density at radius 1 is 1.21 bits per heavy atom. The van der Waals surface area contributed by atoms with Gasteiger partial charge in [-0.15, -0.1) is 0 Å². The van der Waals surface area contributed by atoms with Crippen LogP contribution in [0.1, 0.15) is 16.8 Å². The van der Waals surface area contributed by atoms with Crippen molar-refractivity contribution < 1.29 is 14.3 Å². The number of nitrogens with zero attached hydrogens (tertiary/aromatic N) is 2. The molecule has 19 heavy (non-hydrogen) atoms. The quantitative estimate of drug-likeness (QED) is 0.467. The number of benzene rings is 1. The molecular formula is C14H18N2O3. The SMILES string of the molecule is COC(=O)CC(=O)c1cccc2c1N(C)CCN2C. The third kappa shape index (κ3) is 2.54. The summed E-state index contributed by atoms with van der Waals surface area (Å²) in [7, 11) is 5.25. The monoisotopic (exact) mass is 262 g/mol. The average molecular weight is 262 g/mol. The van der Waals surface area contributed by atoms with Gasteiger partial charge in [-0.2, -0.15) is 0 Å². The number of esters is 1. The molecule has 0 N–H and O–H groups in total. The summed E-state index contributed by atoms with van der Waals surface area (Å²) in [5.74, 6) is -0.708. The topological polar surface area (TPSA) is 49.9 Å². The minimum atomic E-state index is -0.505. The lowest BCUT2D eigenvalue weighted by atomic mass is 10.0. The summed E-state index contributed by atoms with van der Waals surface area (Å²) in [6, 6.07) is 5.60. The van der Waals surface area contributed by atoms with E-state index in [0.717, 1.165) is 24.5 Å². The molecule has 2 rings (SSSR count). The van der Waals surface area contributed by atoms with Crippen LogP contribution < -0.4 is 9.80 Å². The lowest BCUT2D eigenvalue weighted by Crippen LogP contribution is -2.37. The number of fused-ring (bicyclic) bond motifs is 1. The second kappa shape index (κ2) is 5.30. The number of anilines is 2. The number of hydrogen-bond donors (Lipinski definition) is 0. The first-order valence-corrected chi connectivity index (χ1v) is 6.20. The minimum absolute atomic E-state index is 0.203. The fourth-order valence-corrected chi connectivity index (χ4v) is 2.30. The molecule has 5 heteroatoms. The second-order valence-electron chi connectivity index (χ2n) is 4.69. The van der Waals surface area contributed by atoms with Crippen LogP contribution in [0.5, 0.6) is 0 Å². The zero-order valence-electron chi connectivity index (χ0n) is 11.5. The lowest BCUT2D eigenvalue weighted by molar-refractivity contribution is -0.139. The smallest absolute Gasteiger partial charge is 0.313 e. The predicted octanol–water partition coefficient (Wildman–Crippen LogP) is 1.32. The van der Waals surface area contributed by atoms with Gasteiger partial charge in [-0.25, -0.2) is 0 Å². The molecule has 1 heterocycles. The zero-order valence-corrected chi connectivity index (χ0v) is 11.5. The van der Waals surface area contributed by atoms with Crippen LogP contribution in [0.2, 0.25) is 0 Å². The van der Waals surface area contributed by atoms with Crippen molar-refractivity contribution in [3.63, 3.8) is 0 Å². The van der Waals surface area contributed by atoms with E-state index in [1.807, 2.05) is 26.2 Å². The Bertz CT molecular complexity index is 513. The van der Waals surface area contributed by atoms with Crippen molar-refractivity contribution in [1.29, 1.82) is 0 Å². The second-order valence-corrected chi connectivity index (χ2v) is 4.69. The number of carbonyl (C=O) groups excluding carboxylic acids is 2. The number of rotatable bonds is 3. The molecule has 0 fully saturated rings. The van der Waals surface area contributed by atoms with Crippen molar-refractivity contribution in [1.82, 2.24) is 0 Å². The Balaban J connectivity index is 2.39. The van der Waals surface area contributed by atoms with Crippen LogP contribution in [0, 0.1) is 0 Å². The van der Waals surface area contributed by atoms with Crippen LogP contribution in [-0.4, -0.2) is 46.0 Å². The number of ether oxygens (including phenoxy) is 1. The van der Waals surface area contributed by atoms with E-state index in [-0.39, 0.29) is 12.2 Å². The first-order valence-electron chi connectivity index (χ1n) is 6.20. The molecule has 0 unspecified atom stereocenters. The fraction of sp³-hybridized carbons (Fsp3) is 0.429. The van der Waals surface area contributed by atoms with Crippen molar-refractivity contribution in [3.05, 3.63) is 23.8 Å². The van der Waals surface area contributed by atoms with E-state index in [0.29, 0.717) is 5.56 Å². The summed E-state index contributed by atoms with van der Waals surface area (Å²) in [4.78, 5) is 27.6. The highest BCUT2D eigenvalue weighted by molar-refractivity contribution is 6.11. The summed E-state index contributed by atoms with van der Waals surface area (Å²) < 4.78 is 4.55. The number of carbonyl (C=O) groups is 2. The van der Waals surface area contributed by atoms with Gasteiger partial charge < -0.3 is 14.5 Å². The molecular weight excluding hydrogens is 244 g/mol. The van der Waals surface area contributed by atoms with Gasteiger partial charge >= 0.3 is 5.97 Å². The van der Waals surface area contributed by atoms with Crippen LogP contribution in [0.25, 0.3) is 0 Å². The van der Waals surface area contributed by atoms with Crippen LogP contribution in [0.15, 0.2) is 18.2 Å². The van der Waals surface area contributed by atoms with Gasteiger partial charge in [-0.05, 0) is 12.1 Å². The maximum atomic E-state index is 12.2. The van der Waals surface area contributed by atoms with Gasteiger partial charge in [0, 0.05) is 32.7 Å². The Morgan fingerprint density at radius 3 is 2.58 bits per heavy atom. The third-order valence-corrected chi connectivity index (χ3v) is 3.41. The van der Waals surface area contributed by atoms with Gasteiger partial charge in [0.05, 0.1) is 18.5 Å². The van der Waals surface area contributed by atoms with Crippen LogP contribution in [0.3, 0.4) is 0 Å². The number of hydrogen-bond acceptors (Lipinski definition) is 5. The molecule has 0 amide bonds. The molecule has 1 aromatic rings. The minimum Gasteiger partial charge on any atom is -0.469 e. The largest absolute Gasteiger partial charge is 0.469 e. The van der Waals surface area contributed by atoms with E-state index < -0.39 is 5.97 Å². The highest BCUT2D eigenvalue weighted by Gasteiger charge is 2.24. The summed E-state index contributed by atoms with van der Waals surface area (Å²) in [5.41, 5.74) is 2.49. The summed E-state index contributed by atoms with van der Waals surface area (Å²) >= 11 is 0. The molecule has 1 aromatic carbocycles. The van der Waals surface area contributed by atoms with E-state index in [9.17, 15) is 9.59 Å². The van der Waals surface area contributed by atoms with Gasteiger partial charge in [-0.1, -0.05) is 6.07 Å². The van der Waals surface area contributed by atoms with E-state index in [4.69, 9.17) is 0 Å². The Labute approximate surface area is 112 Å². The van der Waals surface area contributed by atoms with Crippen molar-refractivity contribution in [2.75, 3.05) is 44.1 Å². The van der Waals surface area contributed by atoms with Crippen LogP contribution in [0.4, 0.5) is 11.4 Å². The molecule has 0 atom stereocenters. The van der Waals surface area contributed by atoms with Crippen molar-refractivity contribution in [2.24, 2.45) is 0 Å². The zero-order chi connectivity index (χ0) is 14.0. The summed E-state index contributed by atoms with van der Waals surface area (Å²) in [5, 5.41) is 0. The molecule has 1 aliphatic heterocycles. The molecule has 5 nitrogen and oxygen atoms in total. The molecule has 102 valence electrons. The molecule has 0 spiro atoms. The first kappa shape index (κ1) is 13.4. The van der Waals surface area contributed by atoms with E-state index in [1.54, 1.807) is 6.07 Å². The number of para-hydroxylation sites is 1. The summed E-state index contributed by atoms with van der Waals surface area (Å²) in [6.45, 7) is 1.77. The standard InChI is InChI=1S/C14H18N2O3/c1-15-7-8-16(2)14-10(5-4-6-11(14)15)12(17)9-13(18)19-3/h4-6H,7-9H2,1-3H3. The summed E-state index contributed by atoms with van der Waals surface area (Å²) in [6.07, 6.45) is -0.218. The lowest BCUT2D eigenvalue weighted by Gasteiger charge is -2.35. The molecule has 1 aliphatic rings. The van der Waals surface area contributed by atoms with Crippen molar-refractivity contribution >= 4 is 23.1 Å². The highest BCUT2D eigenvalue weighted by atomic mass is 16.5. The normalized spacial score (nSPS) is 14.1. The Morgan fingerprint density at radius 2 is 1.89 bits per heavy atom. The maximum absolute atomic E-state index is 12.2. The predicted molar refractivity (Wildman–Crippen MR) is 73.9 cm³/mol. The number of methoxy groups -OCH3 is 1. The molecule has 0 aromatic heterocycles. The highest BCUT2D eigenvalue weighted by Crippen LogP contribution is 2.35. The first-order chi connectivity index (χ1) is 9.04. The van der Waals surface area contributed by atoms with Crippen LogP contribution in [-0.2, 0) is 9.53 Å². The maximum Gasteiger partial charge on any atom is 0.313 e. The van der Waals surface area contributed by atoms with Gasteiger partial charge in [0.2, 0.25) is 0 Å². The number of ketones is 1. The molecule has 0 radical (unpaired) electrons. The third-order valence-electron chi connectivity index (χ3n) is 3.41. The van der Waals surface area contributed by atoms with Crippen LogP contribution >= 0.6 is 0 Å². The van der Waals surface area contributed by atoms with Gasteiger partial charge in [-0.3, -0.25) is 9.59 Å². The van der Waals surface area contributed by atoms with Crippen molar-refractivity contribution in [2.45, 2.75) is 6.42 Å². The Hall–Kier alpha value is -2.04. The van der Waals surface area contributed by atoms with E-state index in [1.165, 1.54) is 7.11 Å².